The van der Waals surface area contributed by atoms with Crippen molar-refractivity contribution in [2.24, 2.45) is 0 Å². The van der Waals surface area contributed by atoms with Crippen LogP contribution in [-0.2, 0) is 0 Å². The van der Waals surface area contributed by atoms with Crippen molar-refractivity contribution >= 4 is 61.5 Å². The lowest BCUT2D eigenvalue weighted by Gasteiger charge is -1.99. The molecule has 14 heavy (non-hydrogen) atoms. The predicted molar refractivity (Wildman–Crippen MR) is 64.4 cm³/mol. The van der Waals surface area contributed by atoms with E-state index in [2.05, 4.69) is 15.9 Å². The van der Waals surface area contributed by atoms with Gasteiger partial charge in [0.05, 0.1) is 5.02 Å². The van der Waals surface area contributed by atoms with Crippen LogP contribution in [0.2, 0.25) is 5.02 Å². The molecule has 0 radical (unpaired) electrons. The highest BCUT2D eigenvalue weighted by Crippen LogP contribution is 2.30. The molecular formula is C8H5BBrClO2S. The molecular weight excluding hydrogens is 286 g/mol. The van der Waals surface area contributed by atoms with Crippen molar-refractivity contribution in [3.05, 3.63) is 27.0 Å². The molecule has 0 amide bonds. The van der Waals surface area contributed by atoms with E-state index in [9.17, 15) is 0 Å². The fraction of sp³-hybridized carbons (Fsp3) is 0. The van der Waals surface area contributed by atoms with Gasteiger partial charge in [-0.05, 0) is 38.8 Å². The lowest BCUT2D eigenvalue weighted by molar-refractivity contribution is 0.426. The molecule has 0 atom stereocenters. The molecule has 0 aliphatic carbocycles. The van der Waals surface area contributed by atoms with Crippen molar-refractivity contribution in [2.75, 3.05) is 0 Å². The van der Waals surface area contributed by atoms with Crippen LogP contribution in [0.1, 0.15) is 0 Å². The Labute approximate surface area is 98.4 Å². The van der Waals surface area contributed by atoms with Crippen molar-refractivity contribution in [1.82, 2.24) is 0 Å². The smallest absolute Gasteiger partial charge is 0.423 e. The Morgan fingerprint density at radius 1 is 1.36 bits per heavy atom. The first kappa shape index (κ1) is 10.5. The molecule has 0 saturated carbocycles. The van der Waals surface area contributed by atoms with E-state index < -0.39 is 7.12 Å². The SMILES string of the molecule is OB(O)c1csc2cc(Cl)c(Br)cc12. The van der Waals surface area contributed by atoms with Gasteiger partial charge in [-0.2, -0.15) is 0 Å². The van der Waals surface area contributed by atoms with Crippen molar-refractivity contribution in [3.63, 3.8) is 0 Å². The van der Waals surface area contributed by atoms with Gasteiger partial charge in [0, 0.05) is 14.6 Å². The van der Waals surface area contributed by atoms with Gasteiger partial charge in [-0.25, -0.2) is 0 Å². The fourth-order valence-corrected chi connectivity index (χ4v) is 2.81. The summed E-state index contributed by atoms with van der Waals surface area (Å²) >= 11 is 10.6. The fourth-order valence-electron chi connectivity index (χ4n) is 1.24. The van der Waals surface area contributed by atoms with E-state index >= 15 is 0 Å². The van der Waals surface area contributed by atoms with E-state index in [1.54, 1.807) is 17.5 Å². The first-order valence-electron chi connectivity index (χ1n) is 3.82. The highest BCUT2D eigenvalue weighted by atomic mass is 79.9. The molecule has 1 aromatic carbocycles. The minimum Gasteiger partial charge on any atom is -0.423 e. The summed E-state index contributed by atoms with van der Waals surface area (Å²) in [4.78, 5) is 0. The van der Waals surface area contributed by atoms with Crippen molar-refractivity contribution in [1.29, 1.82) is 0 Å². The minimum absolute atomic E-state index is 0.516. The Bertz CT molecular complexity index is 485. The quantitative estimate of drug-likeness (QED) is 0.789. The first-order valence-corrected chi connectivity index (χ1v) is 5.87. The van der Waals surface area contributed by atoms with Gasteiger partial charge >= 0.3 is 7.12 Å². The molecule has 1 heterocycles. The maximum atomic E-state index is 9.08. The minimum atomic E-state index is -1.43. The molecule has 6 heteroatoms. The second-order valence-corrected chi connectivity index (χ2v) is 5.00. The topological polar surface area (TPSA) is 40.5 Å². The van der Waals surface area contributed by atoms with E-state index in [1.165, 1.54) is 11.3 Å². The van der Waals surface area contributed by atoms with Crippen LogP contribution in [-0.4, -0.2) is 17.2 Å². The lowest BCUT2D eigenvalue weighted by atomic mass is 9.80. The molecule has 0 fully saturated rings. The van der Waals surface area contributed by atoms with Crippen LogP contribution in [0.25, 0.3) is 10.1 Å². The highest BCUT2D eigenvalue weighted by Gasteiger charge is 2.17. The molecule has 0 saturated heterocycles. The lowest BCUT2D eigenvalue weighted by Crippen LogP contribution is -2.28. The molecule has 0 aliphatic rings. The van der Waals surface area contributed by atoms with Gasteiger partial charge in [-0.1, -0.05) is 11.6 Å². The number of hydrogen-bond acceptors (Lipinski definition) is 3. The Balaban J connectivity index is 2.74. The highest BCUT2D eigenvalue weighted by molar-refractivity contribution is 9.10. The van der Waals surface area contributed by atoms with Gasteiger partial charge in [0.1, 0.15) is 0 Å². The van der Waals surface area contributed by atoms with Gasteiger partial charge in [0.25, 0.3) is 0 Å². The zero-order chi connectivity index (χ0) is 10.3. The molecule has 0 aliphatic heterocycles. The molecule has 2 rings (SSSR count). The molecule has 1 aromatic heterocycles. The molecule has 72 valence electrons. The van der Waals surface area contributed by atoms with Gasteiger partial charge in [-0.3, -0.25) is 0 Å². The summed E-state index contributed by atoms with van der Waals surface area (Å²) in [6.45, 7) is 0. The summed E-state index contributed by atoms with van der Waals surface area (Å²) in [6, 6.07) is 3.60. The normalized spacial score (nSPS) is 10.9. The van der Waals surface area contributed by atoms with Crippen LogP contribution in [0.3, 0.4) is 0 Å². The Morgan fingerprint density at radius 3 is 2.71 bits per heavy atom. The van der Waals surface area contributed by atoms with Crippen LogP contribution in [0.5, 0.6) is 0 Å². The number of rotatable bonds is 1. The molecule has 0 bridgehead atoms. The zero-order valence-corrected chi connectivity index (χ0v) is 10.0. The third-order valence-corrected chi connectivity index (χ3v) is 4.09. The largest absolute Gasteiger partial charge is 0.489 e. The second-order valence-electron chi connectivity index (χ2n) is 2.83. The van der Waals surface area contributed by atoms with Crippen LogP contribution in [0.4, 0.5) is 0 Å². The van der Waals surface area contributed by atoms with E-state index in [4.69, 9.17) is 21.6 Å². The second kappa shape index (κ2) is 3.83. The van der Waals surface area contributed by atoms with Crippen LogP contribution < -0.4 is 5.46 Å². The number of thiophene rings is 1. The number of fused-ring (bicyclic) bond motifs is 1. The van der Waals surface area contributed by atoms with Crippen molar-refractivity contribution in [3.8, 4) is 0 Å². The first-order chi connectivity index (χ1) is 6.59. The van der Waals surface area contributed by atoms with Gasteiger partial charge < -0.3 is 10.0 Å². The van der Waals surface area contributed by atoms with Gasteiger partial charge in [0.15, 0.2) is 0 Å². The average Bonchev–Trinajstić information content (AvgIpc) is 2.48. The van der Waals surface area contributed by atoms with E-state index in [0.29, 0.717) is 10.5 Å². The predicted octanol–water partition coefficient (Wildman–Crippen LogP) is 2.00. The summed E-state index contributed by atoms with van der Waals surface area (Å²) < 4.78 is 1.70. The van der Waals surface area contributed by atoms with Crippen molar-refractivity contribution < 1.29 is 10.0 Å². The summed E-state index contributed by atoms with van der Waals surface area (Å²) in [6.07, 6.45) is 0. The third-order valence-electron chi connectivity index (χ3n) is 1.92. The maximum Gasteiger partial charge on any atom is 0.489 e. The van der Waals surface area contributed by atoms with Gasteiger partial charge in [0.2, 0.25) is 0 Å². The van der Waals surface area contributed by atoms with Crippen molar-refractivity contribution in [2.45, 2.75) is 0 Å². The molecule has 2 N–H and O–H groups in total. The molecule has 2 aromatic rings. The number of hydrogen-bond donors (Lipinski definition) is 2. The Kier molecular flexibility index (Phi) is 2.86. The monoisotopic (exact) mass is 290 g/mol. The molecule has 2 nitrogen and oxygen atoms in total. The molecule has 0 spiro atoms. The van der Waals surface area contributed by atoms with Crippen LogP contribution in [0.15, 0.2) is 22.0 Å². The maximum absolute atomic E-state index is 9.08. The van der Waals surface area contributed by atoms with Crippen LogP contribution in [0, 0.1) is 0 Å². The number of benzene rings is 1. The summed E-state index contributed by atoms with van der Waals surface area (Å²) in [5, 5.41) is 21.3. The summed E-state index contributed by atoms with van der Waals surface area (Å²) in [5.41, 5.74) is 0.516. The summed E-state index contributed by atoms with van der Waals surface area (Å²) in [5.74, 6) is 0. The van der Waals surface area contributed by atoms with E-state index in [1.807, 2.05) is 0 Å². The summed E-state index contributed by atoms with van der Waals surface area (Å²) in [7, 11) is -1.43. The number of halogens is 2. The Hall–Kier alpha value is -0.0651. The standard InChI is InChI=1S/C8H5BBrClO2S/c10-6-1-4-5(9(12)13)3-14-8(4)2-7(6)11/h1-3,12-13H. The zero-order valence-electron chi connectivity index (χ0n) is 6.87. The van der Waals surface area contributed by atoms with E-state index in [-0.39, 0.29) is 0 Å². The Morgan fingerprint density at radius 2 is 2.07 bits per heavy atom. The van der Waals surface area contributed by atoms with Crippen LogP contribution >= 0.6 is 38.9 Å². The van der Waals surface area contributed by atoms with E-state index in [0.717, 1.165) is 14.6 Å². The average molecular weight is 291 g/mol. The van der Waals surface area contributed by atoms with Gasteiger partial charge in [-0.15, -0.1) is 11.3 Å². The third kappa shape index (κ3) is 1.70. The molecule has 0 unspecified atom stereocenters.